The Labute approximate surface area is 123 Å². The number of hydrogen-bond acceptors (Lipinski definition) is 6. The molecule has 0 bridgehead atoms. The third-order valence-electron chi connectivity index (χ3n) is 2.95. The van der Waals surface area contributed by atoms with Gasteiger partial charge in [-0.3, -0.25) is 4.84 Å². The fourth-order valence-electron chi connectivity index (χ4n) is 2.00. The molecule has 1 unspecified atom stereocenters. The fraction of sp³-hybridized carbons (Fsp3) is 0.643. The van der Waals surface area contributed by atoms with E-state index in [0.717, 1.165) is 0 Å². The molecule has 0 spiro atoms. The summed E-state index contributed by atoms with van der Waals surface area (Å²) < 4.78 is 14.0. The Hall–Kier alpha value is -1.60. The molecule has 2 N–H and O–H groups in total. The molecular weight excluding hydrogens is 275 g/mol. The number of anilines is 1. The van der Waals surface area contributed by atoms with Crippen molar-refractivity contribution in [1.29, 1.82) is 0 Å². The van der Waals surface area contributed by atoms with Gasteiger partial charge in [0.2, 0.25) is 0 Å². The fourth-order valence-corrected chi connectivity index (χ4v) is 2.00. The van der Waals surface area contributed by atoms with Crippen LogP contribution < -0.4 is 5.48 Å². The lowest BCUT2D eigenvalue weighted by atomic mass is 9.96. The molecular formula is C14H21FN4O2. The second-order valence-corrected chi connectivity index (χ2v) is 6.08. The predicted octanol–water partition coefficient (Wildman–Crippen LogP) is 2.55. The molecule has 0 saturated heterocycles. The first-order valence-electron chi connectivity index (χ1n) is 7.00. The van der Waals surface area contributed by atoms with Gasteiger partial charge in [-0.2, -0.15) is 9.97 Å². The quantitative estimate of drug-likeness (QED) is 0.834. The van der Waals surface area contributed by atoms with Gasteiger partial charge in [0.25, 0.3) is 5.95 Å². The standard InChI is InChI=1S/C14H21FN4O2/c1-8-16-12(9-6-5-7-10(20)11(9)15)18-13(17-8)19-21-14(2,3)4/h10,20H,5-7H2,1-4H3,(H,16,17,18,19). The van der Waals surface area contributed by atoms with Crippen LogP contribution in [-0.2, 0) is 4.84 Å². The molecule has 2 rings (SSSR count). The van der Waals surface area contributed by atoms with Crippen LogP contribution in [0.2, 0.25) is 0 Å². The average molecular weight is 296 g/mol. The van der Waals surface area contributed by atoms with E-state index in [9.17, 15) is 9.50 Å². The first-order valence-corrected chi connectivity index (χ1v) is 7.00. The van der Waals surface area contributed by atoms with Crippen molar-refractivity contribution in [1.82, 2.24) is 15.0 Å². The van der Waals surface area contributed by atoms with Gasteiger partial charge in [0.1, 0.15) is 17.8 Å². The Kier molecular flexibility index (Phi) is 4.53. The Morgan fingerprint density at radius 2 is 2.00 bits per heavy atom. The molecule has 1 heterocycles. The molecule has 21 heavy (non-hydrogen) atoms. The van der Waals surface area contributed by atoms with Crippen LogP contribution in [0, 0.1) is 6.92 Å². The molecule has 0 radical (unpaired) electrons. The summed E-state index contributed by atoms with van der Waals surface area (Å²) in [6.45, 7) is 7.35. The Morgan fingerprint density at radius 3 is 2.67 bits per heavy atom. The number of aryl methyl sites for hydroxylation is 1. The molecule has 0 saturated carbocycles. The predicted molar refractivity (Wildman–Crippen MR) is 76.9 cm³/mol. The molecule has 6 nitrogen and oxygen atoms in total. The number of halogens is 1. The van der Waals surface area contributed by atoms with Crippen molar-refractivity contribution < 1.29 is 14.3 Å². The zero-order valence-electron chi connectivity index (χ0n) is 12.8. The Bertz CT molecular complexity index is 554. The summed E-state index contributed by atoms with van der Waals surface area (Å²) in [5.41, 5.74) is 2.60. The Balaban J connectivity index is 2.29. The minimum Gasteiger partial charge on any atom is -0.386 e. The van der Waals surface area contributed by atoms with Gasteiger partial charge < -0.3 is 5.11 Å². The van der Waals surface area contributed by atoms with Crippen molar-refractivity contribution in [3.8, 4) is 0 Å². The number of nitrogens with one attached hydrogen (secondary N) is 1. The summed E-state index contributed by atoms with van der Waals surface area (Å²) in [4.78, 5) is 17.8. The van der Waals surface area contributed by atoms with Gasteiger partial charge >= 0.3 is 0 Å². The first-order chi connectivity index (χ1) is 9.76. The number of allylic oxidation sites excluding steroid dienone is 1. The third-order valence-corrected chi connectivity index (χ3v) is 2.95. The number of aromatic nitrogens is 3. The van der Waals surface area contributed by atoms with Crippen molar-refractivity contribution in [3.63, 3.8) is 0 Å². The molecule has 7 heteroatoms. The van der Waals surface area contributed by atoms with Gasteiger partial charge in [-0.05, 0) is 47.0 Å². The van der Waals surface area contributed by atoms with E-state index in [1.165, 1.54) is 0 Å². The lowest BCUT2D eigenvalue weighted by Gasteiger charge is -2.21. The van der Waals surface area contributed by atoms with Crippen LogP contribution >= 0.6 is 0 Å². The number of aliphatic hydroxyl groups excluding tert-OH is 1. The smallest absolute Gasteiger partial charge is 0.250 e. The molecule has 0 amide bonds. The zero-order chi connectivity index (χ0) is 15.6. The minimum atomic E-state index is -1.06. The lowest BCUT2D eigenvalue weighted by molar-refractivity contribution is 0.0357. The van der Waals surface area contributed by atoms with Crippen LogP contribution in [0.1, 0.15) is 51.7 Å². The largest absolute Gasteiger partial charge is 0.386 e. The van der Waals surface area contributed by atoms with Gasteiger partial charge in [0, 0.05) is 5.57 Å². The average Bonchev–Trinajstić information content (AvgIpc) is 2.38. The summed E-state index contributed by atoms with van der Waals surface area (Å²) >= 11 is 0. The molecule has 1 aliphatic carbocycles. The van der Waals surface area contributed by atoms with Gasteiger partial charge in [-0.15, -0.1) is 0 Å². The highest BCUT2D eigenvalue weighted by Crippen LogP contribution is 2.31. The summed E-state index contributed by atoms with van der Waals surface area (Å²) in [5.74, 6) is 0.390. The molecule has 1 aromatic rings. The molecule has 0 aliphatic heterocycles. The van der Waals surface area contributed by atoms with E-state index in [1.54, 1.807) is 6.92 Å². The maximum atomic E-state index is 14.0. The zero-order valence-corrected chi connectivity index (χ0v) is 12.8. The first kappa shape index (κ1) is 15.8. The monoisotopic (exact) mass is 296 g/mol. The van der Waals surface area contributed by atoms with Crippen LogP contribution in [0.4, 0.5) is 10.3 Å². The highest BCUT2D eigenvalue weighted by atomic mass is 19.1. The number of rotatable bonds is 3. The number of aliphatic hydroxyl groups is 1. The molecule has 116 valence electrons. The van der Waals surface area contributed by atoms with Crippen molar-refractivity contribution in [2.45, 2.75) is 58.7 Å². The van der Waals surface area contributed by atoms with Gasteiger partial charge in [-0.1, -0.05) is 0 Å². The summed E-state index contributed by atoms with van der Waals surface area (Å²) in [5, 5.41) is 9.61. The van der Waals surface area contributed by atoms with E-state index in [2.05, 4.69) is 20.4 Å². The van der Waals surface area contributed by atoms with Crippen molar-refractivity contribution >= 4 is 11.5 Å². The van der Waals surface area contributed by atoms with Crippen LogP contribution in [0.25, 0.3) is 5.57 Å². The van der Waals surface area contributed by atoms with E-state index in [4.69, 9.17) is 4.84 Å². The molecule has 1 aliphatic rings. The van der Waals surface area contributed by atoms with Gasteiger partial charge in [-0.25, -0.2) is 14.9 Å². The highest BCUT2D eigenvalue weighted by Gasteiger charge is 2.24. The summed E-state index contributed by atoms with van der Waals surface area (Å²) in [7, 11) is 0. The van der Waals surface area contributed by atoms with E-state index in [1.807, 2.05) is 20.8 Å². The summed E-state index contributed by atoms with van der Waals surface area (Å²) in [6.07, 6.45) is 0.576. The van der Waals surface area contributed by atoms with Crippen LogP contribution in [-0.4, -0.2) is 31.8 Å². The molecule has 0 fully saturated rings. The van der Waals surface area contributed by atoms with Crippen LogP contribution in [0.3, 0.4) is 0 Å². The SMILES string of the molecule is Cc1nc(NOC(C)(C)C)nc(C2=C(F)C(O)CCC2)n1. The van der Waals surface area contributed by atoms with E-state index in [0.29, 0.717) is 30.7 Å². The number of nitrogens with zero attached hydrogens (tertiary/aromatic N) is 3. The molecule has 1 atom stereocenters. The minimum absolute atomic E-state index is 0.229. The van der Waals surface area contributed by atoms with Gasteiger partial charge in [0.05, 0.1) is 5.60 Å². The Morgan fingerprint density at radius 1 is 1.29 bits per heavy atom. The molecule has 0 aromatic carbocycles. The second-order valence-electron chi connectivity index (χ2n) is 6.08. The van der Waals surface area contributed by atoms with Crippen molar-refractivity contribution in [2.24, 2.45) is 0 Å². The maximum absolute atomic E-state index is 14.0. The van der Waals surface area contributed by atoms with Gasteiger partial charge in [0.15, 0.2) is 5.82 Å². The molecule has 1 aromatic heterocycles. The van der Waals surface area contributed by atoms with E-state index < -0.39 is 17.5 Å². The van der Waals surface area contributed by atoms with Crippen molar-refractivity contribution in [3.05, 3.63) is 17.5 Å². The normalized spacial score (nSPS) is 19.8. The van der Waals surface area contributed by atoms with Crippen molar-refractivity contribution in [2.75, 3.05) is 5.48 Å². The third kappa shape index (κ3) is 4.18. The summed E-state index contributed by atoms with van der Waals surface area (Å²) in [6, 6.07) is 0. The van der Waals surface area contributed by atoms with E-state index >= 15 is 0 Å². The topological polar surface area (TPSA) is 80.2 Å². The maximum Gasteiger partial charge on any atom is 0.250 e. The van der Waals surface area contributed by atoms with E-state index in [-0.39, 0.29) is 11.8 Å². The highest BCUT2D eigenvalue weighted by molar-refractivity contribution is 5.64. The number of hydrogen-bond donors (Lipinski definition) is 2. The lowest BCUT2D eigenvalue weighted by Crippen LogP contribution is -2.24. The van der Waals surface area contributed by atoms with Crippen LogP contribution in [0.5, 0.6) is 0 Å². The second kappa shape index (κ2) is 6.03. The van der Waals surface area contributed by atoms with Crippen LogP contribution in [0.15, 0.2) is 5.83 Å².